The summed E-state index contributed by atoms with van der Waals surface area (Å²) in [6.45, 7) is 0. The van der Waals surface area contributed by atoms with Gasteiger partial charge in [-0.25, -0.2) is 5.43 Å². The van der Waals surface area contributed by atoms with E-state index in [9.17, 15) is 14.9 Å². The maximum Gasteiger partial charge on any atom is 0.271 e. The second-order valence-electron chi connectivity index (χ2n) is 4.15. The van der Waals surface area contributed by atoms with Gasteiger partial charge in [-0.05, 0) is 18.2 Å². The Morgan fingerprint density at radius 2 is 1.86 bits per heavy atom. The van der Waals surface area contributed by atoms with Crippen LogP contribution in [0.15, 0.2) is 47.6 Å². The van der Waals surface area contributed by atoms with Gasteiger partial charge in [-0.15, -0.1) is 0 Å². The standard InChI is InChI=1S/C14H9Cl2N3O3/c15-12-3-1-2-10(13(12)16)8-17-18-14(20)9-4-6-11(7-5-9)19(21)22/h1-8H,(H,18,20)/b17-8-. The van der Waals surface area contributed by atoms with Crippen molar-refractivity contribution in [2.45, 2.75) is 0 Å². The van der Waals surface area contributed by atoms with Crippen LogP contribution in [-0.2, 0) is 0 Å². The molecule has 8 heteroatoms. The summed E-state index contributed by atoms with van der Waals surface area (Å²) < 4.78 is 0. The van der Waals surface area contributed by atoms with Crippen molar-refractivity contribution < 1.29 is 9.72 Å². The smallest absolute Gasteiger partial charge is 0.267 e. The van der Waals surface area contributed by atoms with Crippen molar-refractivity contribution >= 4 is 41.0 Å². The topological polar surface area (TPSA) is 84.6 Å². The van der Waals surface area contributed by atoms with E-state index in [1.165, 1.54) is 30.5 Å². The van der Waals surface area contributed by atoms with E-state index in [4.69, 9.17) is 23.2 Å². The van der Waals surface area contributed by atoms with E-state index >= 15 is 0 Å². The summed E-state index contributed by atoms with van der Waals surface area (Å²) in [4.78, 5) is 21.8. The minimum absolute atomic E-state index is 0.0919. The van der Waals surface area contributed by atoms with E-state index in [2.05, 4.69) is 10.5 Å². The lowest BCUT2D eigenvalue weighted by atomic mass is 10.2. The van der Waals surface area contributed by atoms with Gasteiger partial charge in [0, 0.05) is 23.3 Å². The van der Waals surface area contributed by atoms with Gasteiger partial charge in [0.25, 0.3) is 11.6 Å². The fourth-order valence-corrected chi connectivity index (χ4v) is 1.94. The monoisotopic (exact) mass is 337 g/mol. The number of hydrogen-bond donors (Lipinski definition) is 1. The molecule has 0 unspecified atom stereocenters. The van der Waals surface area contributed by atoms with E-state index < -0.39 is 10.8 Å². The zero-order valence-electron chi connectivity index (χ0n) is 11.0. The Kier molecular flexibility index (Phi) is 5.08. The highest BCUT2D eigenvalue weighted by Gasteiger charge is 2.08. The second kappa shape index (κ2) is 7.02. The van der Waals surface area contributed by atoms with E-state index in [-0.39, 0.29) is 11.3 Å². The first-order chi connectivity index (χ1) is 10.5. The maximum absolute atomic E-state index is 11.8. The molecule has 22 heavy (non-hydrogen) atoms. The van der Waals surface area contributed by atoms with Gasteiger partial charge in [0.05, 0.1) is 21.2 Å². The summed E-state index contributed by atoms with van der Waals surface area (Å²) in [6, 6.07) is 10.2. The van der Waals surface area contributed by atoms with Crippen molar-refractivity contribution in [1.29, 1.82) is 0 Å². The van der Waals surface area contributed by atoms with Gasteiger partial charge in [-0.1, -0.05) is 35.3 Å². The summed E-state index contributed by atoms with van der Waals surface area (Å²) >= 11 is 11.8. The average molecular weight is 338 g/mol. The minimum Gasteiger partial charge on any atom is -0.267 e. The lowest BCUT2D eigenvalue weighted by Crippen LogP contribution is -2.17. The van der Waals surface area contributed by atoms with Gasteiger partial charge in [0.1, 0.15) is 0 Å². The second-order valence-corrected chi connectivity index (χ2v) is 4.93. The van der Waals surface area contributed by atoms with E-state index in [1.54, 1.807) is 18.2 Å². The molecule has 2 aromatic rings. The van der Waals surface area contributed by atoms with Gasteiger partial charge in [-0.2, -0.15) is 5.10 Å². The molecule has 0 fully saturated rings. The summed E-state index contributed by atoms with van der Waals surface area (Å²) in [5.74, 6) is -0.496. The molecule has 0 atom stereocenters. The third kappa shape index (κ3) is 3.81. The number of nitro benzene ring substituents is 1. The van der Waals surface area contributed by atoms with Gasteiger partial charge in [-0.3, -0.25) is 14.9 Å². The third-order valence-electron chi connectivity index (χ3n) is 2.69. The molecule has 0 aliphatic carbocycles. The van der Waals surface area contributed by atoms with Crippen LogP contribution in [0.3, 0.4) is 0 Å². The van der Waals surface area contributed by atoms with Crippen molar-refractivity contribution in [1.82, 2.24) is 5.43 Å². The molecular formula is C14H9Cl2N3O3. The zero-order chi connectivity index (χ0) is 16.1. The quantitative estimate of drug-likeness (QED) is 0.524. The number of nitro groups is 1. The maximum atomic E-state index is 11.8. The van der Waals surface area contributed by atoms with Crippen LogP contribution >= 0.6 is 23.2 Å². The number of rotatable bonds is 4. The molecule has 2 rings (SSSR count). The Labute approximate surface area is 135 Å². The molecule has 0 aromatic heterocycles. The Morgan fingerprint density at radius 3 is 2.50 bits per heavy atom. The van der Waals surface area contributed by atoms with Crippen LogP contribution in [0.5, 0.6) is 0 Å². The number of nitrogens with zero attached hydrogens (tertiary/aromatic N) is 2. The molecule has 0 spiro atoms. The van der Waals surface area contributed by atoms with Crippen LogP contribution in [0, 0.1) is 10.1 Å². The number of hydrogen-bond acceptors (Lipinski definition) is 4. The summed E-state index contributed by atoms with van der Waals surface area (Å²) in [5, 5.41) is 15.0. The fraction of sp³-hybridized carbons (Fsp3) is 0. The van der Waals surface area contributed by atoms with E-state index in [0.29, 0.717) is 15.6 Å². The fourth-order valence-electron chi connectivity index (χ4n) is 1.58. The van der Waals surface area contributed by atoms with Gasteiger partial charge in [0.15, 0.2) is 0 Å². The van der Waals surface area contributed by atoms with Crippen LogP contribution in [0.25, 0.3) is 0 Å². The number of benzene rings is 2. The first-order valence-corrected chi connectivity index (χ1v) is 6.76. The number of carbonyl (C=O) groups is 1. The number of amides is 1. The molecule has 112 valence electrons. The highest BCUT2D eigenvalue weighted by molar-refractivity contribution is 6.43. The first-order valence-electron chi connectivity index (χ1n) is 6.01. The largest absolute Gasteiger partial charge is 0.271 e. The average Bonchev–Trinajstić information content (AvgIpc) is 2.51. The molecule has 0 bridgehead atoms. The highest BCUT2D eigenvalue weighted by atomic mass is 35.5. The lowest BCUT2D eigenvalue weighted by molar-refractivity contribution is -0.384. The summed E-state index contributed by atoms with van der Waals surface area (Å²) in [7, 11) is 0. The summed E-state index contributed by atoms with van der Waals surface area (Å²) in [5.41, 5.74) is 3.01. The third-order valence-corrected chi connectivity index (χ3v) is 3.53. The Morgan fingerprint density at radius 1 is 1.18 bits per heavy atom. The van der Waals surface area contributed by atoms with Gasteiger partial charge < -0.3 is 0 Å². The van der Waals surface area contributed by atoms with Crippen LogP contribution in [-0.4, -0.2) is 17.0 Å². The SMILES string of the molecule is O=C(N/N=C\c1cccc(Cl)c1Cl)c1ccc([N+](=O)[O-])cc1. The predicted octanol–water partition coefficient (Wildman–Crippen LogP) is 3.67. The van der Waals surface area contributed by atoms with Crippen LogP contribution in [0.2, 0.25) is 10.0 Å². The van der Waals surface area contributed by atoms with Crippen molar-refractivity contribution in [2.24, 2.45) is 5.10 Å². The molecular weight excluding hydrogens is 329 g/mol. The molecule has 0 heterocycles. The molecule has 1 N–H and O–H groups in total. The van der Waals surface area contributed by atoms with Crippen molar-refractivity contribution in [3.8, 4) is 0 Å². The normalized spacial score (nSPS) is 10.6. The van der Waals surface area contributed by atoms with Crippen molar-refractivity contribution in [2.75, 3.05) is 0 Å². The van der Waals surface area contributed by atoms with Crippen LogP contribution < -0.4 is 5.43 Å². The van der Waals surface area contributed by atoms with Gasteiger partial charge >= 0.3 is 0 Å². The molecule has 2 aromatic carbocycles. The molecule has 6 nitrogen and oxygen atoms in total. The summed E-state index contributed by atoms with van der Waals surface area (Å²) in [6.07, 6.45) is 1.36. The highest BCUT2D eigenvalue weighted by Crippen LogP contribution is 2.24. The van der Waals surface area contributed by atoms with Crippen molar-refractivity contribution in [3.05, 3.63) is 73.8 Å². The first kappa shape index (κ1) is 15.9. The number of hydrazone groups is 1. The van der Waals surface area contributed by atoms with E-state index in [0.717, 1.165) is 0 Å². The van der Waals surface area contributed by atoms with Crippen molar-refractivity contribution in [3.63, 3.8) is 0 Å². The number of carbonyl (C=O) groups excluding carboxylic acids is 1. The predicted molar refractivity (Wildman–Crippen MR) is 84.6 cm³/mol. The van der Waals surface area contributed by atoms with Crippen LogP contribution in [0.1, 0.15) is 15.9 Å². The lowest BCUT2D eigenvalue weighted by Gasteiger charge is -2.01. The van der Waals surface area contributed by atoms with E-state index in [1.807, 2.05) is 0 Å². The zero-order valence-corrected chi connectivity index (χ0v) is 12.5. The van der Waals surface area contributed by atoms with Gasteiger partial charge in [0.2, 0.25) is 0 Å². The Hall–Kier alpha value is -2.44. The molecule has 0 saturated heterocycles. The number of non-ortho nitro benzene ring substituents is 1. The Balaban J connectivity index is 2.04. The molecule has 0 aliphatic rings. The molecule has 1 amide bonds. The van der Waals surface area contributed by atoms with Crippen LogP contribution in [0.4, 0.5) is 5.69 Å². The molecule has 0 aliphatic heterocycles. The number of nitrogens with one attached hydrogen (secondary N) is 1. The molecule has 0 radical (unpaired) electrons. The number of halogens is 2. The Bertz CT molecular complexity index is 745. The molecule has 0 saturated carbocycles. The minimum atomic E-state index is -0.541.